The third-order valence-electron chi connectivity index (χ3n) is 2.06. The van der Waals surface area contributed by atoms with Gasteiger partial charge in [0.25, 0.3) is 0 Å². The van der Waals surface area contributed by atoms with Gasteiger partial charge in [-0.25, -0.2) is 18.5 Å². The highest BCUT2D eigenvalue weighted by molar-refractivity contribution is 9.10. The van der Waals surface area contributed by atoms with E-state index in [1.165, 1.54) is 12.1 Å². The third kappa shape index (κ3) is 3.28. The van der Waals surface area contributed by atoms with Crippen LogP contribution in [0.3, 0.4) is 0 Å². The highest BCUT2D eigenvalue weighted by atomic mass is 79.9. The summed E-state index contributed by atoms with van der Waals surface area (Å²) in [5, 5.41) is 4.96. The first-order chi connectivity index (χ1) is 8.45. The molecule has 0 aliphatic heterocycles. The number of pyridine rings is 1. The van der Waals surface area contributed by atoms with Gasteiger partial charge in [-0.15, -0.1) is 0 Å². The van der Waals surface area contributed by atoms with E-state index in [1.54, 1.807) is 12.1 Å². The Kier molecular flexibility index (Phi) is 3.65. The molecule has 0 atom stereocenters. The molecule has 0 radical (unpaired) electrons. The average molecular weight is 329 g/mol. The number of sulfonamides is 1. The van der Waals surface area contributed by atoms with Gasteiger partial charge in [-0.3, -0.25) is 0 Å². The SMILES string of the molecule is NS(=O)(=O)c1ccc(Oc2cccc(Br)c2)nc1. The molecule has 1 aromatic carbocycles. The van der Waals surface area contributed by atoms with Crippen molar-refractivity contribution >= 4 is 26.0 Å². The van der Waals surface area contributed by atoms with Crippen molar-refractivity contribution in [3.8, 4) is 11.6 Å². The van der Waals surface area contributed by atoms with Gasteiger partial charge in [-0.05, 0) is 24.3 Å². The van der Waals surface area contributed by atoms with Crippen molar-refractivity contribution < 1.29 is 13.2 Å². The van der Waals surface area contributed by atoms with Crippen molar-refractivity contribution in [2.45, 2.75) is 4.90 Å². The molecule has 1 heterocycles. The van der Waals surface area contributed by atoms with Gasteiger partial charge in [0.2, 0.25) is 15.9 Å². The monoisotopic (exact) mass is 328 g/mol. The number of nitrogens with zero attached hydrogens (tertiary/aromatic N) is 1. The summed E-state index contributed by atoms with van der Waals surface area (Å²) >= 11 is 3.32. The van der Waals surface area contributed by atoms with Crippen molar-refractivity contribution in [3.63, 3.8) is 0 Å². The van der Waals surface area contributed by atoms with Gasteiger partial charge < -0.3 is 4.74 Å². The average Bonchev–Trinajstić information content (AvgIpc) is 2.28. The number of halogens is 1. The Balaban J connectivity index is 2.21. The maximum Gasteiger partial charge on any atom is 0.239 e. The highest BCUT2D eigenvalue weighted by Gasteiger charge is 2.08. The molecule has 0 amide bonds. The van der Waals surface area contributed by atoms with E-state index in [9.17, 15) is 8.42 Å². The molecule has 94 valence electrons. The number of hydrogen-bond acceptors (Lipinski definition) is 4. The second-order valence-corrected chi connectivity index (χ2v) is 5.91. The number of primary sulfonamides is 1. The second-order valence-electron chi connectivity index (χ2n) is 3.44. The molecule has 0 spiro atoms. The number of hydrogen-bond donors (Lipinski definition) is 1. The van der Waals surface area contributed by atoms with Gasteiger partial charge >= 0.3 is 0 Å². The molecule has 7 heteroatoms. The molecular formula is C11H9BrN2O3S. The first-order valence-electron chi connectivity index (χ1n) is 4.87. The Labute approximate surface area is 113 Å². The number of benzene rings is 1. The molecule has 5 nitrogen and oxygen atoms in total. The number of nitrogens with two attached hydrogens (primary N) is 1. The maximum atomic E-state index is 11.0. The molecule has 0 fully saturated rings. The van der Waals surface area contributed by atoms with E-state index in [0.717, 1.165) is 10.7 Å². The van der Waals surface area contributed by atoms with Crippen molar-refractivity contribution in [2.24, 2.45) is 5.14 Å². The summed E-state index contributed by atoms with van der Waals surface area (Å²) in [6.45, 7) is 0. The Morgan fingerprint density at radius 3 is 2.56 bits per heavy atom. The van der Waals surface area contributed by atoms with Crippen LogP contribution >= 0.6 is 15.9 Å². The molecule has 2 aromatic rings. The van der Waals surface area contributed by atoms with Gasteiger partial charge in [-0.2, -0.15) is 0 Å². The lowest BCUT2D eigenvalue weighted by Crippen LogP contribution is -2.12. The molecule has 0 aliphatic rings. The lowest BCUT2D eigenvalue weighted by atomic mass is 10.3. The van der Waals surface area contributed by atoms with E-state index in [-0.39, 0.29) is 4.90 Å². The van der Waals surface area contributed by atoms with Crippen LogP contribution in [0.2, 0.25) is 0 Å². The van der Waals surface area contributed by atoms with Crippen LogP contribution in [-0.2, 0) is 10.0 Å². The molecule has 2 N–H and O–H groups in total. The van der Waals surface area contributed by atoms with Crippen molar-refractivity contribution in [2.75, 3.05) is 0 Å². The fourth-order valence-corrected chi connectivity index (χ4v) is 2.08. The first kappa shape index (κ1) is 13.0. The Morgan fingerprint density at radius 2 is 2.00 bits per heavy atom. The van der Waals surface area contributed by atoms with Gasteiger partial charge in [-0.1, -0.05) is 22.0 Å². The molecule has 0 aliphatic carbocycles. The molecule has 0 saturated heterocycles. The zero-order valence-electron chi connectivity index (χ0n) is 9.08. The number of ether oxygens (including phenoxy) is 1. The zero-order chi connectivity index (χ0) is 13.2. The first-order valence-corrected chi connectivity index (χ1v) is 7.21. The number of aromatic nitrogens is 1. The molecule has 18 heavy (non-hydrogen) atoms. The van der Waals surface area contributed by atoms with E-state index in [1.807, 2.05) is 12.1 Å². The molecular weight excluding hydrogens is 320 g/mol. The van der Waals surface area contributed by atoms with Crippen LogP contribution < -0.4 is 9.88 Å². The van der Waals surface area contributed by atoms with Gasteiger partial charge in [0.15, 0.2) is 0 Å². The Morgan fingerprint density at radius 1 is 1.22 bits per heavy atom. The van der Waals surface area contributed by atoms with Gasteiger partial charge in [0.05, 0.1) is 6.20 Å². The van der Waals surface area contributed by atoms with E-state index in [0.29, 0.717) is 11.6 Å². The van der Waals surface area contributed by atoms with Crippen LogP contribution in [0.4, 0.5) is 0 Å². The summed E-state index contributed by atoms with van der Waals surface area (Å²) in [7, 11) is -3.72. The normalized spacial score (nSPS) is 11.2. The standard InChI is InChI=1S/C11H9BrN2O3S/c12-8-2-1-3-9(6-8)17-11-5-4-10(7-14-11)18(13,15)16/h1-7H,(H2,13,15,16). The largest absolute Gasteiger partial charge is 0.439 e. The van der Waals surface area contributed by atoms with E-state index >= 15 is 0 Å². The van der Waals surface area contributed by atoms with Crippen molar-refractivity contribution in [3.05, 3.63) is 47.1 Å². The second kappa shape index (κ2) is 5.05. The van der Waals surface area contributed by atoms with E-state index < -0.39 is 10.0 Å². The van der Waals surface area contributed by atoms with E-state index in [4.69, 9.17) is 9.88 Å². The quantitative estimate of drug-likeness (QED) is 0.936. The fourth-order valence-electron chi connectivity index (χ4n) is 1.25. The Hall–Kier alpha value is -1.44. The molecule has 0 unspecified atom stereocenters. The fraction of sp³-hybridized carbons (Fsp3) is 0. The lowest BCUT2D eigenvalue weighted by Gasteiger charge is -2.05. The maximum absolute atomic E-state index is 11.0. The van der Waals surface area contributed by atoms with Crippen LogP contribution in [0.15, 0.2) is 52.0 Å². The summed E-state index contributed by atoms with van der Waals surface area (Å²) in [5.74, 6) is 0.890. The minimum atomic E-state index is -3.72. The lowest BCUT2D eigenvalue weighted by molar-refractivity contribution is 0.461. The summed E-state index contributed by atoms with van der Waals surface area (Å²) < 4.78 is 28.4. The van der Waals surface area contributed by atoms with Crippen LogP contribution in [0.5, 0.6) is 11.6 Å². The van der Waals surface area contributed by atoms with Crippen LogP contribution in [-0.4, -0.2) is 13.4 Å². The molecule has 0 saturated carbocycles. The summed E-state index contributed by atoms with van der Waals surface area (Å²) in [5.41, 5.74) is 0. The Bertz CT molecular complexity index is 656. The predicted molar refractivity (Wildman–Crippen MR) is 69.8 cm³/mol. The topological polar surface area (TPSA) is 82.3 Å². The minimum Gasteiger partial charge on any atom is -0.439 e. The minimum absolute atomic E-state index is 0.0518. The molecule has 2 rings (SSSR count). The van der Waals surface area contributed by atoms with Crippen molar-refractivity contribution in [1.82, 2.24) is 4.98 Å². The van der Waals surface area contributed by atoms with Crippen LogP contribution in [0.25, 0.3) is 0 Å². The van der Waals surface area contributed by atoms with Crippen molar-refractivity contribution in [1.29, 1.82) is 0 Å². The van der Waals surface area contributed by atoms with E-state index in [2.05, 4.69) is 20.9 Å². The van der Waals surface area contributed by atoms with Gasteiger partial charge in [0, 0.05) is 10.5 Å². The zero-order valence-corrected chi connectivity index (χ0v) is 11.5. The molecule has 0 bridgehead atoms. The smallest absolute Gasteiger partial charge is 0.239 e. The summed E-state index contributed by atoms with van der Waals surface area (Å²) in [4.78, 5) is 3.82. The predicted octanol–water partition coefficient (Wildman–Crippen LogP) is 2.28. The third-order valence-corrected chi connectivity index (χ3v) is 3.45. The summed E-state index contributed by atoms with van der Waals surface area (Å²) in [6, 6.07) is 10.0. The van der Waals surface area contributed by atoms with Crippen LogP contribution in [0, 0.1) is 0 Å². The highest BCUT2D eigenvalue weighted by Crippen LogP contribution is 2.23. The van der Waals surface area contributed by atoms with Crippen LogP contribution in [0.1, 0.15) is 0 Å². The number of rotatable bonds is 3. The van der Waals surface area contributed by atoms with Gasteiger partial charge in [0.1, 0.15) is 10.6 Å². The summed E-state index contributed by atoms with van der Waals surface area (Å²) in [6.07, 6.45) is 1.16. The molecule has 1 aromatic heterocycles.